The van der Waals surface area contributed by atoms with E-state index < -0.39 is 0 Å². The second-order valence-electron chi connectivity index (χ2n) is 5.09. The molecule has 0 heterocycles. The summed E-state index contributed by atoms with van der Waals surface area (Å²) in [7, 11) is 0. The van der Waals surface area contributed by atoms with Gasteiger partial charge in [0, 0.05) is 22.7 Å². The Morgan fingerprint density at radius 1 is 1.44 bits per heavy atom. The molecule has 2 rings (SSSR count). The van der Waals surface area contributed by atoms with Crippen molar-refractivity contribution in [3.8, 4) is 0 Å². The number of hydrogen-bond acceptors (Lipinski definition) is 1. The van der Waals surface area contributed by atoms with Crippen LogP contribution in [0.15, 0.2) is 18.2 Å². The second-order valence-corrected chi connectivity index (χ2v) is 5.52. The highest BCUT2D eigenvalue weighted by molar-refractivity contribution is 6.30. The molecule has 88 valence electrons. The van der Waals surface area contributed by atoms with Gasteiger partial charge in [-0.2, -0.15) is 0 Å². The molecule has 0 aromatic heterocycles. The summed E-state index contributed by atoms with van der Waals surface area (Å²) < 4.78 is 13.5. The van der Waals surface area contributed by atoms with Gasteiger partial charge in [-0.3, -0.25) is 0 Å². The Kier molecular flexibility index (Phi) is 3.22. The first-order valence-corrected chi connectivity index (χ1v) is 6.06. The van der Waals surface area contributed by atoms with Crippen LogP contribution in [0.25, 0.3) is 0 Å². The van der Waals surface area contributed by atoms with Gasteiger partial charge < -0.3 is 5.32 Å². The number of hydrogen-bond donors (Lipinski definition) is 1. The fraction of sp³-hybridized carbons (Fsp3) is 0.538. The molecular formula is C13H17ClFN. The topological polar surface area (TPSA) is 12.0 Å². The van der Waals surface area contributed by atoms with Crippen molar-refractivity contribution in [3.63, 3.8) is 0 Å². The molecule has 0 aliphatic heterocycles. The first kappa shape index (κ1) is 11.9. The summed E-state index contributed by atoms with van der Waals surface area (Å²) >= 11 is 5.85. The van der Waals surface area contributed by atoms with Gasteiger partial charge in [-0.15, -0.1) is 0 Å². The van der Waals surface area contributed by atoms with E-state index in [1.807, 2.05) is 0 Å². The van der Waals surface area contributed by atoms with Crippen molar-refractivity contribution in [2.75, 3.05) is 0 Å². The predicted molar refractivity (Wildman–Crippen MR) is 65.1 cm³/mol. The maximum absolute atomic E-state index is 13.5. The lowest BCUT2D eigenvalue weighted by atomic mass is 9.98. The van der Waals surface area contributed by atoms with Gasteiger partial charge in [-0.05, 0) is 50.8 Å². The first-order chi connectivity index (χ1) is 7.49. The van der Waals surface area contributed by atoms with Gasteiger partial charge in [0.15, 0.2) is 0 Å². The SMILES string of the molecule is CC(C)(NCc1cc(Cl)ccc1F)C1CC1. The van der Waals surface area contributed by atoms with Crippen LogP contribution in [0, 0.1) is 11.7 Å². The van der Waals surface area contributed by atoms with E-state index in [9.17, 15) is 4.39 Å². The van der Waals surface area contributed by atoms with Gasteiger partial charge in [-0.1, -0.05) is 11.6 Å². The average Bonchev–Trinajstić information content (AvgIpc) is 3.03. The lowest BCUT2D eigenvalue weighted by Gasteiger charge is -2.26. The Balaban J connectivity index is 2.01. The molecule has 1 N–H and O–H groups in total. The number of benzene rings is 1. The van der Waals surface area contributed by atoms with E-state index in [0.717, 1.165) is 5.92 Å². The van der Waals surface area contributed by atoms with Crippen LogP contribution in [0.4, 0.5) is 4.39 Å². The fourth-order valence-corrected chi connectivity index (χ4v) is 2.15. The summed E-state index contributed by atoms with van der Waals surface area (Å²) in [6.07, 6.45) is 2.55. The fourth-order valence-electron chi connectivity index (χ4n) is 1.95. The summed E-state index contributed by atoms with van der Waals surface area (Å²) in [4.78, 5) is 0. The quantitative estimate of drug-likeness (QED) is 0.847. The van der Waals surface area contributed by atoms with E-state index in [1.165, 1.54) is 18.9 Å². The Morgan fingerprint density at radius 2 is 2.12 bits per heavy atom. The van der Waals surface area contributed by atoms with E-state index in [0.29, 0.717) is 17.1 Å². The molecule has 1 saturated carbocycles. The van der Waals surface area contributed by atoms with Gasteiger partial charge in [0.1, 0.15) is 5.82 Å². The van der Waals surface area contributed by atoms with Gasteiger partial charge in [0.05, 0.1) is 0 Å². The van der Waals surface area contributed by atoms with Gasteiger partial charge in [0.25, 0.3) is 0 Å². The van der Waals surface area contributed by atoms with Crippen LogP contribution in [-0.2, 0) is 6.54 Å². The minimum atomic E-state index is -0.191. The molecule has 1 aliphatic carbocycles. The zero-order chi connectivity index (χ0) is 11.8. The molecule has 1 aromatic rings. The standard InChI is InChI=1S/C13H17ClFN/c1-13(2,10-3-4-10)16-8-9-7-11(14)5-6-12(9)15/h5-7,10,16H,3-4,8H2,1-2H3. The molecule has 1 nitrogen and oxygen atoms in total. The third kappa shape index (κ3) is 2.74. The van der Waals surface area contributed by atoms with Crippen LogP contribution in [0.5, 0.6) is 0 Å². The average molecular weight is 242 g/mol. The zero-order valence-corrected chi connectivity index (χ0v) is 10.4. The molecule has 0 spiro atoms. The molecule has 1 aliphatic rings. The van der Waals surface area contributed by atoms with Crippen molar-refractivity contribution >= 4 is 11.6 Å². The molecule has 0 amide bonds. The van der Waals surface area contributed by atoms with E-state index in [1.54, 1.807) is 12.1 Å². The Labute approximate surface area is 101 Å². The van der Waals surface area contributed by atoms with Crippen molar-refractivity contribution in [1.29, 1.82) is 0 Å². The maximum Gasteiger partial charge on any atom is 0.127 e. The highest BCUT2D eigenvalue weighted by Gasteiger charge is 2.37. The molecule has 1 fully saturated rings. The van der Waals surface area contributed by atoms with E-state index in [2.05, 4.69) is 19.2 Å². The lowest BCUT2D eigenvalue weighted by molar-refractivity contribution is 0.337. The van der Waals surface area contributed by atoms with Crippen molar-refractivity contribution in [2.24, 2.45) is 5.92 Å². The van der Waals surface area contributed by atoms with Crippen LogP contribution >= 0.6 is 11.6 Å². The summed E-state index contributed by atoms with van der Waals surface area (Å²) in [5, 5.41) is 3.99. The lowest BCUT2D eigenvalue weighted by Crippen LogP contribution is -2.40. The molecule has 0 atom stereocenters. The number of rotatable bonds is 4. The molecular weight excluding hydrogens is 225 g/mol. The van der Waals surface area contributed by atoms with Crippen molar-refractivity contribution in [1.82, 2.24) is 5.32 Å². The first-order valence-electron chi connectivity index (χ1n) is 5.68. The third-order valence-electron chi connectivity index (χ3n) is 3.34. The highest BCUT2D eigenvalue weighted by atomic mass is 35.5. The largest absolute Gasteiger partial charge is 0.307 e. The monoisotopic (exact) mass is 241 g/mol. The summed E-state index contributed by atoms with van der Waals surface area (Å²) in [6.45, 7) is 4.89. The molecule has 1 aromatic carbocycles. The zero-order valence-electron chi connectivity index (χ0n) is 9.69. The van der Waals surface area contributed by atoms with Gasteiger partial charge >= 0.3 is 0 Å². The van der Waals surface area contributed by atoms with Crippen molar-refractivity contribution < 1.29 is 4.39 Å². The normalized spacial score (nSPS) is 16.5. The van der Waals surface area contributed by atoms with Crippen LogP contribution in [0.3, 0.4) is 0 Å². The van der Waals surface area contributed by atoms with Crippen molar-refractivity contribution in [3.05, 3.63) is 34.6 Å². The minimum Gasteiger partial charge on any atom is -0.307 e. The third-order valence-corrected chi connectivity index (χ3v) is 3.58. The summed E-state index contributed by atoms with van der Waals surface area (Å²) in [6, 6.07) is 4.68. The second kappa shape index (κ2) is 4.34. The van der Waals surface area contributed by atoms with E-state index in [4.69, 9.17) is 11.6 Å². The molecule has 0 saturated heterocycles. The molecule has 3 heteroatoms. The number of nitrogens with one attached hydrogen (secondary N) is 1. The summed E-state index contributed by atoms with van der Waals surface area (Å²) in [5.41, 5.74) is 0.732. The Hall–Kier alpha value is -0.600. The van der Waals surface area contributed by atoms with Crippen LogP contribution in [-0.4, -0.2) is 5.54 Å². The number of halogens is 2. The molecule has 16 heavy (non-hydrogen) atoms. The van der Waals surface area contributed by atoms with Gasteiger partial charge in [0.2, 0.25) is 0 Å². The van der Waals surface area contributed by atoms with Crippen LogP contribution < -0.4 is 5.32 Å². The molecule has 0 bridgehead atoms. The van der Waals surface area contributed by atoms with Crippen LogP contribution in [0.2, 0.25) is 5.02 Å². The Bertz CT molecular complexity index is 386. The molecule has 0 unspecified atom stereocenters. The maximum atomic E-state index is 13.5. The van der Waals surface area contributed by atoms with Crippen LogP contribution in [0.1, 0.15) is 32.3 Å². The van der Waals surface area contributed by atoms with Crippen molar-refractivity contribution in [2.45, 2.75) is 38.8 Å². The predicted octanol–water partition coefficient (Wildman–Crippen LogP) is 3.76. The smallest absolute Gasteiger partial charge is 0.127 e. The van der Waals surface area contributed by atoms with E-state index >= 15 is 0 Å². The van der Waals surface area contributed by atoms with Gasteiger partial charge in [-0.25, -0.2) is 4.39 Å². The Morgan fingerprint density at radius 3 is 2.75 bits per heavy atom. The van der Waals surface area contributed by atoms with E-state index in [-0.39, 0.29) is 11.4 Å². The molecule has 0 radical (unpaired) electrons. The highest BCUT2D eigenvalue weighted by Crippen LogP contribution is 2.39. The minimum absolute atomic E-state index is 0.0920. The summed E-state index contributed by atoms with van der Waals surface area (Å²) in [5.74, 6) is 0.540.